The fraction of sp³-hybridized carbons (Fsp3) is 0.429. The SMILES string of the molecule is Cc1ccn(-c2ncccc2CNCC(C)C)n1. The van der Waals surface area contributed by atoms with Crippen molar-refractivity contribution < 1.29 is 0 Å². The summed E-state index contributed by atoms with van der Waals surface area (Å²) < 4.78 is 1.84. The molecule has 0 aromatic carbocycles. The van der Waals surface area contributed by atoms with Gasteiger partial charge in [-0.3, -0.25) is 0 Å². The van der Waals surface area contributed by atoms with Gasteiger partial charge in [0.2, 0.25) is 0 Å². The highest BCUT2D eigenvalue weighted by atomic mass is 15.3. The molecule has 4 heteroatoms. The first-order chi connectivity index (χ1) is 8.66. The van der Waals surface area contributed by atoms with E-state index in [1.807, 2.05) is 29.9 Å². The van der Waals surface area contributed by atoms with Crippen LogP contribution in [0, 0.1) is 12.8 Å². The summed E-state index contributed by atoms with van der Waals surface area (Å²) in [6, 6.07) is 6.04. The lowest BCUT2D eigenvalue weighted by Gasteiger charge is -2.10. The summed E-state index contributed by atoms with van der Waals surface area (Å²) in [4.78, 5) is 4.42. The van der Waals surface area contributed by atoms with Crippen LogP contribution in [0.5, 0.6) is 0 Å². The molecule has 0 saturated heterocycles. The number of nitrogens with zero attached hydrogens (tertiary/aromatic N) is 3. The Balaban J connectivity index is 2.15. The second-order valence-corrected chi connectivity index (χ2v) is 4.91. The Labute approximate surface area is 108 Å². The van der Waals surface area contributed by atoms with E-state index in [4.69, 9.17) is 0 Å². The lowest BCUT2D eigenvalue weighted by Crippen LogP contribution is -2.20. The van der Waals surface area contributed by atoms with Crippen LogP contribution in [0.2, 0.25) is 0 Å². The third kappa shape index (κ3) is 3.17. The monoisotopic (exact) mass is 244 g/mol. The average Bonchev–Trinajstić information content (AvgIpc) is 2.76. The number of rotatable bonds is 5. The van der Waals surface area contributed by atoms with Gasteiger partial charge in [-0.15, -0.1) is 0 Å². The van der Waals surface area contributed by atoms with Crippen LogP contribution in [0.15, 0.2) is 30.6 Å². The van der Waals surface area contributed by atoms with Crippen LogP contribution < -0.4 is 5.32 Å². The topological polar surface area (TPSA) is 42.7 Å². The lowest BCUT2D eigenvalue weighted by atomic mass is 10.2. The van der Waals surface area contributed by atoms with Crippen LogP contribution in [0.3, 0.4) is 0 Å². The second-order valence-electron chi connectivity index (χ2n) is 4.91. The molecule has 2 aromatic heterocycles. The van der Waals surface area contributed by atoms with Crippen molar-refractivity contribution in [2.45, 2.75) is 27.3 Å². The van der Waals surface area contributed by atoms with Crippen LogP contribution >= 0.6 is 0 Å². The molecule has 0 unspecified atom stereocenters. The number of aryl methyl sites for hydroxylation is 1. The van der Waals surface area contributed by atoms with Gasteiger partial charge in [0.05, 0.1) is 5.69 Å². The largest absolute Gasteiger partial charge is 0.312 e. The van der Waals surface area contributed by atoms with Crippen LogP contribution in [0.4, 0.5) is 0 Å². The van der Waals surface area contributed by atoms with Crippen molar-refractivity contribution in [3.05, 3.63) is 41.9 Å². The van der Waals surface area contributed by atoms with Crippen molar-refractivity contribution in [3.63, 3.8) is 0 Å². The van der Waals surface area contributed by atoms with E-state index in [1.54, 1.807) is 6.20 Å². The minimum atomic E-state index is 0.650. The third-order valence-corrected chi connectivity index (χ3v) is 2.67. The Kier molecular flexibility index (Phi) is 4.10. The number of hydrogen-bond acceptors (Lipinski definition) is 3. The second kappa shape index (κ2) is 5.78. The molecule has 0 radical (unpaired) electrons. The van der Waals surface area contributed by atoms with Gasteiger partial charge in [0.1, 0.15) is 0 Å². The van der Waals surface area contributed by atoms with Gasteiger partial charge in [0, 0.05) is 24.5 Å². The molecule has 0 amide bonds. The Bertz CT molecular complexity index is 502. The third-order valence-electron chi connectivity index (χ3n) is 2.67. The molecule has 0 aliphatic heterocycles. The van der Waals surface area contributed by atoms with E-state index in [1.165, 1.54) is 5.56 Å². The maximum atomic E-state index is 4.42. The summed E-state index contributed by atoms with van der Waals surface area (Å²) >= 11 is 0. The predicted molar refractivity (Wildman–Crippen MR) is 72.6 cm³/mol. The molecular weight excluding hydrogens is 224 g/mol. The Morgan fingerprint density at radius 1 is 1.33 bits per heavy atom. The highest BCUT2D eigenvalue weighted by Gasteiger charge is 2.06. The maximum absolute atomic E-state index is 4.42. The van der Waals surface area contributed by atoms with Gasteiger partial charge in [-0.05, 0) is 31.5 Å². The number of aromatic nitrogens is 3. The van der Waals surface area contributed by atoms with Gasteiger partial charge in [0.25, 0.3) is 0 Å². The Morgan fingerprint density at radius 3 is 2.83 bits per heavy atom. The number of pyridine rings is 1. The van der Waals surface area contributed by atoms with E-state index in [2.05, 4.69) is 35.3 Å². The standard InChI is InChI=1S/C14H20N4/c1-11(2)9-15-10-13-5-4-7-16-14(13)18-8-6-12(3)17-18/h4-8,11,15H,9-10H2,1-3H3. The van der Waals surface area contributed by atoms with Crippen LogP contribution in [0.1, 0.15) is 25.1 Å². The van der Waals surface area contributed by atoms with Crippen molar-refractivity contribution >= 4 is 0 Å². The molecule has 1 N–H and O–H groups in total. The molecule has 0 saturated carbocycles. The molecule has 2 aromatic rings. The highest BCUT2D eigenvalue weighted by molar-refractivity contribution is 5.32. The molecule has 4 nitrogen and oxygen atoms in total. The van der Waals surface area contributed by atoms with Crippen LogP contribution in [-0.2, 0) is 6.54 Å². The molecule has 2 rings (SSSR count). The van der Waals surface area contributed by atoms with E-state index in [-0.39, 0.29) is 0 Å². The molecule has 0 aliphatic rings. The first-order valence-electron chi connectivity index (χ1n) is 6.34. The average molecular weight is 244 g/mol. The van der Waals surface area contributed by atoms with E-state index in [9.17, 15) is 0 Å². The summed E-state index contributed by atoms with van der Waals surface area (Å²) in [6.45, 7) is 8.21. The van der Waals surface area contributed by atoms with Crippen molar-refractivity contribution in [3.8, 4) is 5.82 Å². The fourth-order valence-corrected chi connectivity index (χ4v) is 1.80. The smallest absolute Gasteiger partial charge is 0.157 e. The summed E-state index contributed by atoms with van der Waals surface area (Å²) in [5.74, 6) is 1.55. The summed E-state index contributed by atoms with van der Waals surface area (Å²) in [5.41, 5.74) is 2.17. The Morgan fingerprint density at radius 2 is 2.17 bits per heavy atom. The quantitative estimate of drug-likeness (QED) is 0.877. The highest BCUT2D eigenvalue weighted by Crippen LogP contribution is 2.10. The molecular formula is C14H20N4. The van der Waals surface area contributed by atoms with Gasteiger partial charge < -0.3 is 5.32 Å². The summed E-state index contributed by atoms with van der Waals surface area (Å²) in [7, 11) is 0. The van der Waals surface area contributed by atoms with Crippen molar-refractivity contribution in [1.82, 2.24) is 20.1 Å². The van der Waals surface area contributed by atoms with Gasteiger partial charge >= 0.3 is 0 Å². The van der Waals surface area contributed by atoms with Gasteiger partial charge in [-0.25, -0.2) is 9.67 Å². The molecule has 0 fully saturated rings. The summed E-state index contributed by atoms with van der Waals surface area (Å²) in [5, 5.41) is 7.85. The molecule has 0 aliphatic carbocycles. The molecule has 18 heavy (non-hydrogen) atoms. The number of hydrogen-bond donors (Lipinski definition) is 1. The normalized spacial score (nSPS) is 11.1. The maximum Gasteiger partial charge on any atom is 0.157 e. The zero-order chi connectivity index (χ0) is 13.0. The molecule has 0 bridgehead atoms. The van der Waals surface area contributed by atoms with Gasteiger partial charge in [-0.1, -0.05) is 19.9 Å². The lowest BCUT2D eigenvalue weighted by molar-refractivity contribution is 0.550. The predicted octanol–water partition coefficient (Wildman–Crippen LogP) is 2.32. The zero-order valence-corrected chi connectivity index (χ0v) is 11.2. The van der Waals surface area contributed by atoms with Gasteiger partial charge in [-0.2, -0.15) is 5.10 Å². The first-order valence-corrected chi connectivity index (χ1v) is 6.34. The first kappa shape index (κ1) is 12.8. The molecule has 0 atom stereocenters. The Hall–Kier alpha value is -1.68. The van der Waals surface area contributed by atoms with E-state index in [0.717, 1.165) is 24.6 Å². The van der Waals surface area contributed by atoms with Crippen molar-refractivity contribution in [2.24, 2.45) is 5.92 Å². The molecule has 0 spiro atoms. The minimum absolute atomic E-state index is 0.650. The zero-order valence-electron chi connectivity index (χ0n) is 11.2. The van der Waals surface area contributed by atoms with Crippen molar-refractivity contribution in [2.75, 3.05) is 6.54 Å². The number of nitrogens with one attached hydrogen (secondary N) is 1. The van der Waals surface area contributed by atoms with E-state index >= 15 is 0 Å². The minimum Gasteiger partial charge on any atom is -0.312 e. The van der Waals surface area contributed by atoms with Gasteiger partial charge in [0.15, 0.2) is 5.82 Å². The van der Waals surface area contributed by atoms with Crippen LogP contribution in [-0.4, -0.2) is 21.3 Å². The van der Waals surface area contributed by atoms with E-state index < -0.39 is 0 Å². The van der Waals surface area contributed by atoms with Crippen LogP contribution in [0.25, 0.3) is 5.82 Å². The molecule has 2 heterocycles. The molecule has 96 valence electrons. The van der Waals surface area contributed by atoms with Crippen molar-refractivity contribution in [1.29, 1.82) is 0 Å². The summed E-state index contributed by atoms with van der Waals surface area (Å²) in [6.07, 6.45) is 3.75. The fourth-order valence-electron chi connectivity index (χ4n) is 1.80. The van der Waals surface area contributed by atoms with E-state index in [0.29, 0.717) is 5.92 Å².